The van der Waals surface area contributed by atoms with Crippen LogP contribution in [0.25, 0.3) is 0 Å². The van der Waals surface area contributed by atoms with E-state index in [0.717, 1.165) is 11.0 Å². The molecule has 1 rings (SSSR count). The zero-order valence-electron chi connectivity index (χ0n) is 10.5. The molecule has 0 radical (unpaired) electrons. The van der Waals surface area contributed by atoms with Crippen molar-refractivity contribution in [3.05, 3.63) is 33.8 Å². The predicted octanol–water partition coefficient (Wildman–Crippen LogP) is 2.96. The van der Waals surface area contributed by atoms with Gasteiger partial charge in [0.15, 0.2) is 0 Å². The van der Waals surface area contributed by atoms with Crippen molar-refractivity contribution in [2.45, 2.75) is 31.7 Å². The first-order valence-corrected chi connectivity index (χ1v) is 7.78. The summed E-state index contributed by atoms with van der Waals surface area (Å²) < 4.78 is 1.15. The Kier molecular flexibility index (Phi) is 6.55. The number of aliphatic hydroxyl groups excluding tert-OH is 1. The molecule has 2 N–H and O–H groups in total. The van der Waals surface area contributed by atoms with E-state index >= 15 is 0 Å². The van der Waals surface area contributed by atoms with Gasteiger partial charge in [-0.25, -0.2) is 0 Å². The van der Waals surface area contributed by atoms with E-state index < -0.39 is 0 Å². The fourth-order valence-electron chi connectivity index (χ4n) is 1.66. The Labute approximate surface area is 116 Å². The summed E-state index contributed by atoms with van der Waals surface area (Å²) in [5.41, 5.74) is 2.52. The molecule has 0 aliphatic heterocycles. The molecule has 0 heterocycles. The lowest BCUT2D eigenvalue weighted by Crippen LogP contribution is -2.37. The predicted molar refractivity (Wildman–Crippen MR) is 79.6 cm³/mol. The molecule has 1 aromatic carbocycles. The van der Waals surface area contributed by atoms with Crippen molar-refractivity contribution in [2.24, 2.45) is 0 Å². The lowest BCUT2D eigenvalue weighted by molar-refractivity contribution is 0.276. The number of nitrogens with one attached hydrogen (secondary N) is 1. The van der Waals surface area contributed by atoms with E-state index in [9.17, 15) is 5.11 Å². The highest BCUT2D eigenvalue weighted by molar-refractivity contribution is 9.10. The average molecular weight is 318 g/mol. The summed E-state index contributed by atoms with van der Waals surface area (Å²) >= 11 is 5.20. The van der Waals surface area contributed by atoms with Crippen LogP contribution in [0.1, 0.15) is 18.1 Å². The lowest BCUT2D eigenvalue weighted by Gasteiger charge is -2.21. The monoisotopic (exact) mass is 317 g/mol. The maximum Gasteiger partial charge on any atom is 0.0564 e. The molecule has 1 aromatic rings. The number of aliphatic hydroxyl groups is 1. The molecule has 4 heteroatoms. The molecular weight excluding hydrogens is 298 g/mol. The summed E-state index contributed by atoms with van der Waals surface area (Å²) in [7, 11) is 0. The molecule has 17 heavy (non-hydrogen) atoms. The van der Waals surface area contributed by atoms with Gasteiger partial charge in [0.1, 0.15) is 0 Å². The largest absolute Gasteiger partial charge is 0.395 e. The average Bonchev–Trinajstić information content (AvgIpc) is 2.32. The zero-order chi connectivity index (χ0) is 12.8. The van der Waals surface area contributed by atoms with Crippen molar-refractivity contribution in [3.63, 3.8) is 0 Å². The van der Waals surface area contributed by atoms with Crippen LogP contribution < -0.4 is 5.32 Å². The van der Waals surface area contributed by atoms with Gasteiger partial charge in [-0.05, 0) is 37.3 Å². The third-order valence-corrected chi connectivity index (χ3v) is 4.94. The van der Waals surface area contributed by atoms with Crippen LogP contribution in [-0.2, 0) is 6.54 Å². The highest BCUT2D eigenvalue weighted by Gasteiger charge is 2.14. The van der Waals surface area contributed by atoms with Crippen molar-refractivity contribution < 1.29 is 5.11 Å². The van der Waals surface area contributed by atoms with Crippen LogP contribution >= 0.6 is 27.7 Å². The van der Waals surface area contributed by atoms with Crippen LogP contribution in [0.5, 0.6) is 0 Å². The van der Waals surface area contributed by atoms with Gasteiger partial charge in [-0.1, -0.05) is 28.1 Å². The fraction of sp³-hybridized carbons (Fsp3) is 0.538. The third-order valence-electron chi connectivity index (χ3n) is 2.89. The summed E-state index contributed by atoms with van der Waals surface area (Å²) in [5, 5.41) is 12.9. The van der Waals surface area contributed by atoms with E-state index in [1.54, 1.807) is 11.8 Å². The van der Waals surface area contributed by atoms with E-state index in [4.69, 9.17) is 0 Å². The molecule has 2 nitrogen and oxygen atoms in total. The van der Waals surface area contributed by atoms with Crippen molar-refractivity contribution in [2.75, 3.05) is 12.9 Å². The van der Waals surface area contributed by atoms with Gasteiger partial charge in [-0.2, -0.15) is 11.8 Å². The number of halogens is 1. The standard InChI is InChI=1S/C13H20BrNOS/c1-9-6-11(4-5-12(9)14)7-15-10(2)13(8-16)17-3/h4-6,10,13,15-16H,7-8H2,1-3H3. The van der Waals surface area contributed by atoms with Crippen molar-refractivity contribution in [3.8, 4) is 0 Å². The molecule has 0 aliphatic carbocycles. The first-order valence-electron chi connectivity index (χ1n) is 5.70. The molecular formula is C13H20BrNOS. The second-order valence-electron chi connectivity index (χ2n) is 4.21. The maximum absolute atomic E-state index is 9.21. The molecule has 0 fully saturated rings. The summed E-state index contributed by atoms with van der Waals surface area (Å²) in [4.78, 5) is 0. The summed E-state index contributed by atoms with van der Waals surface area (Å²) in [6.45, 7) is 5.26. The number of thioether (sulfide) groups is 1. The second kappa shape index (κ2) is 7.41. The number of aryl methyl sites for hydroxylation is 1. The van der Waals surface area contributed by atoms with Gasteiger partial charge in [-0.15, -0.1) is 0 Å². The molecule has 0 aliphatic rings. The molecule has 0 aromatic heterocycles. The second-order valence-corrected chi connectivity index (χ2v) is 6.14. The maximum atomic E-state index is 9.21. The number of hydrogen-bond acceptors (Lipinski definition) is 3. The van der Waals surface area contributed by atoms with Crippen LogP contribution in [0.4, 0.5) is 0 Å². The third kappa shape index (κ3) is 4.62. The Hall–Kier alpha value is -0.0300. The highest BCUT2D eigenvalue weighted by atomic mass is 79.9. The van der Waals surface area contributed by atoms with E-state index in [1.807, 2.05) is 6.26 Å². The SMILES string of the molecule is CSC(CO)C(C)NCc1ccc(Br)c(C)c1. The molecule has 0 saturated heterocycles. The van der Waals surface area contributed by atoms with Gasteiger partial charge >= 0.3 is 0 Å². The van der Waals surface area contributed by atoms with Crippen LogP contribution in [0.3, 0.4) is 0 Å². The molecule has 0 saturated carbocycles. The smallest absolute Gasteiger partial charge is 0.0564 e. The van der Waals surface area contributed by atoms with Gasteiger partial charge in [0.25, 0.3) is 0 Å². The van der Waals surface area contributed by atoms with Gasteiger partial charge in [0.2, 0.25) is 0 Å². The highest BCUT2D eigenvalue weighted by Crippen LogP contribution is 2.17. The zero-order valence-corrected chi connectivity index (χ0v) is 12.9. The number of rotatable bonds is 6. The molecule has 96 valence electrons. The molecule has 2 atom stereocenters. The van der Waals surface area contributed by atoms with E-state index in [1.165, 1.54) is 11.1 Å². The lowest BCUT2D eigenvalue weighted by atomic mass is 10.1. The van der Waals surface area contributed by atoms with Gasteiger partial charge in [0, 0.05) is 22.3 Å². The minimum absolute atomic E-state index is 0.217. The minimum atomic E-state index is 0.217. The van der Waals surface area contributed by atoms with E-state index in [0.29, 0.717) is 6.04 Å². The quantitative estimate of drug-likeness (QED) is 0.846. The molecule has 2 unspecified atom stereocenters. The van der Waals surface area contributed by atoms with Crippen molar-refractivity contribution in [1.82, 2.24) is 5.32 Å². The number of benzene rings is 1. The van der Waals surface area contributed by atoms with Crippen LogP contribution in [0, 0.1) is 6.92 Å². The Morgan fingerprint density at radius 1 is 1.47 bits per heavy atom. The first-order chi connectivity index (χ1) is 8.08. The van der Waals surface area contributed by atoms with E-state index in [2.05, 4.69) is 53.3 Å². The summed E-state index contributed by atoms with van der Waals surface area (Å²) in [5.74, 6) is 0. The van der Waals surface area contributed by atoms with Crippen LogP contribution in [0.2, 0.25) is 0 Å². The van der Waals surface area contributed by atoms with Gasteiger partial charge in [-0.3, -0.25) is 0 Å². The fourth-order valence-corrected chi connectivity index (χ4v) is 2.56. The van der Waals surface area contributed by atoms with Crippen molar-refractivity contribution >= 4 is 27.7 Å². The van der Waals surface area contributed by atoms with Crippen LogP contribution in [0.15, 0.2) is 22.7 Å². The molecule has 0 spiro atoms. The molecule has 0 amide bonds. The molecule has 0 bridgehead atoms. The summed E-state index contributed by atoms with van der Waals surface area (Å²) in [6.07, 6.45) is 2.03. The summed E-state index contributed by atoms with van der Waals surface area (Å²) in [6, 6.07) is 6.68. The Bertz CT molecular complexity index is 355. The Morgan fingerprint density at radius 2 is 2.18 bits per heavy atom. The first kappa shape index (κ1) is 15.0. The van der Waals surface area contributed by atoms with Gasteiger partial charge < -0.3 is 10.4 Å². The number of hydrogen-bond donors (Lipinski definition) is 2. The normalized spacial score (nSPS) is 14.6. The van der Waals surface area contributed by atoms with Gasteiger partial charge in [0.05, 0.1) is 6.61 Å². The topological polar surface area (TPSA) is 32.3 Å². The Morgan fingerprint density at radius 3 is 2.71 bits per heavy atom. The van der Waals surface area contributed by atoms with E-state index in [-0.39, 0.29) is 11.9 Å². The van der Waals surface area contributed by atoms with Crippen molar-refractivity contribution in [1.29, 1.82) is 0 Å². The Balaban J connectivity index is 2.52. The van der Waals surface area contributed by atoms with Crippen LogP contribution in [-0.4, -0.2) is 29.3 Å². The minimum Gasteiger partial charge on any atom is -0.395 e.